The Labute approximate surface area is 213 Å². The SMILES string of the molecule is O=C(N[C@H]1CCN(CCOC(F)F)C1)c1cnc(Nc2ccc(F)cc2)nc1/N=C\C1CCC(O)CC1. The fraction of sp³-hybridized carbons (Fsp3) is 0.520. The standard InChI is InChI=1S/C25H31F3N6O3/c26-17-3-5-18(6-4-17)32-25-30-14-21(22(33-25)29-13-16-1-7-20(35)8-2-16)23(36)31-19-9-10-34(15-19)11-12-37-24(27)28/h3-6,13-14,16,19-20,24,35H,1-2,7-12,15H2,(H,31,36)(H,30,32,33)/b29-13-/t16?,19-,20?/m0/s1. The zero-order chi connectivity index (χ0) is 26.2. The molecule has 2 aliphatic rings. The van der Waals surface area contributed by atoms with Gasteiger partial charge in [-0.3, -0.25) is 9.69 Å². The van der Waals surface area contributed by atoms with Gasteiger partial charge >= 0.3 is 6.61 Å². The number of anilines is 2. The second-order valence-corrected chi connectivity index (χ2v) is 9.30. The van der Waals surface area contributed by atoms with Crippen LogP contribution in [0.25, 0.3) is 0 Å². The summed E-state index contributed by atoms with van der Waals surface area (Å²) in [6, 6.07) is 5.56. The smallest absolute Gasteiger partial charge is 0.345 e. The van der Waals surface area contributed by atoms with E-state index in [2.05, 4.69) is 30.3 Å². The van der Waals surface area contributed by atoms with Crippen molar-refractivity contribution in [3.05, 3.63) is 41.8 Å². The van der Waals surface area contributed by atoms with Gasteiger partial charge in [-0.15, -0.1) is 0 Å². The Hall–Kier alpha value is -3.09. The number of likely N-dealkylation sites (tertiary alicyclic amines) is 1. The number of amides is 1. The van der Waals surface area contributed by atoms with Gasteiger partial charge in [0.25, 0.3) is 5.91 Å². The lowest BCUT2D eigenvalue weighted by molar-refractivity contribution is -0.131. The van der Waals surface area contributed by atoms with E-state index >= 15 is 0 Å². The number of rotatable bonds is 10. The normalized spacial score (nSPS) is 22.6. The molecule has 2 fully saturated rings. The van der Waals surface area contributed by atoms with Gasteiger partial charge in [0, 0.05) is 43.8 Å². The number of aliphatic imine (C=N–C) groups is 1. The molecule has 1 atom stereocenters. The first kappa shape index (κ1) is 27.0. The average Bonchev–Trinajstić information content (AvgIpc) is 3.32. The van der Waals surface area contributed by atoms with Gasteiger partial charge in [0.15, 0.2) is 5.82 Å². The number of hydrogen-bond acceptors (Lipinski definition) is 8. The first-order valence-electron chi connectivity index (χ1n) is 12.4. The van der Waals surface area contributed by atoms with E-state index in [1.54, 1.807) is 18.3 Å². The minimum absolute atomic E-state index is 0.0776. The summed E-state index contributed by atoms with van der Waals surface area (Å²) in [7, 11) is 0. The minimum atomic E-state index is -2.80. The molecule has 0 radical (unpaired) electrons. The number of alkyl halides is 2. The van der Waals surface area contributed by atoms with Gasteiger partial charge < -0.3 is 20.5 Å². The van der Waals surface area contributed by atoms with Crippen molar-refractivity contribution in [3.63, 3.8) is 0 Å². The van der Waals surface area contributed by atoms with Gasteiger partial charge in [-0.1, -0.05) is 0 Å². The van der Waals surface area contributed by atoms with E-state index in [1.165, 1.54) is 18.3 Å². The fourth-order valence-electron chi connectivity index (χ4n) is 4.47. The Morgan fingerprint density at radius 2 is 1.97 bits per heavy atom. The van der Waals surface area contributed by atoms with Crippen molar-refractivity contribution in [2.75, 3.05) is 31.6 Å². The molecule has 0 bridgehead atoms. The third kappa shape index (κ3) is 8.20. The molecule has 1 aromatic heterocycles. The highest BCUT2D eigenvalue weighted by atomic mass is 19.3. The van der Waals surface area contributed by atoms with E-state index in [0.717, 1.165) is 12.8 Å². The van der Waals surface area contributed by atoms with Crippen LogP contribution in [0.3, 0.4) is 0 Å². The van der Waals surface area contributed by atoms with Crippen LogP contribution >= 0.6 is 0 Å². The molecule has 3 N–H and O–H groups in total. The van der Waals surface area contributed by atoms with Crippen LogP contribution in [0.15, 0.2) is 35.5 Å². The Bertz CT molecular complexity index is 1060. The fourth-order valence-corrected chi connectivity index (χ4v) is 4.47. The van der Waals surface area contributed by atoms with Crippen molar-refractivity contribution in [1.82, 2.24) is 20.2 Å². The molecule has 1 saturated heterocycles. The third-order valence-corrected chi connectivity index (χ3v) is 6.52. The van der Waals surface area contributed by atoms with Crippen molar-refractivity contribution in [2.24, 2.45) is 10.9 Å². The molecular weight excluding hydrogens is 489 g/mol. The van der Waals surface area contributed by atoms with Crippen molar-refractivity contribution < 1.29 is 27.8 Å². The Morgan fingerprint density at radius 3 is 2.70 bits per heavy atom. The summed E-state index contributed by atoms with van der Waals surface area (Å²) in [6.07, 6.45) is 6.55. The number of nitrogens with zero attached hydrogens (tertiary/aromatic N) is 4. The monoisotopic (exact) mass is 520 g/mol. The molecule has 1 aliphatic heterocycles. The van der Waals surface area contributed by atoms with Crippen LogP contribution < -0.4 is 10.6 Å². The Balaban J connectivity index is 1.45. The summed E-state index contributed by atoms with van der Waals surface area (Å²) in [5, 5.41) is 15.7. The summed E-state index contributed by atoms with van der Waals surface area (Å²) in [5.74, 6) is -0.172. The van der Waals surface area contributed by atoms with Gasteiger partial charge in [0.05, 0.1) is 12.7 Å². The maximum atomic E-state index is 13.2. The molecule has 4 rings (SSSR count). The third-order valence-electron chi connectivity index (χ3n) is 6.52. The molecule has 9 nitrogen and oxygen atoms in total. The van der Waals surface area contributed by atoms with Crippen LogP contribution in [0.2, 0.25) is 0 Å². The predicted molar refractivity (Wildman–Crippen MR) is 132 cm³/mol. The number of ether oxygens (including phenoxy) is 1. The van der Waals surface area contributed by atoms with E-state index in [1.807, 2.05) is 4.90 Å². The number of carbonyl (C=O) groups is 1. The first-order chi connectivity index (χ1) is 17.9. The lowest BCUT2D eigenvalue weighted by atomic mass is 9.88. The number of halogens is 3. The van der Waals surface area contributed by atoms with Crippen LogP contribution in [0.4, 0.5) is 30.6 Å². The number of aliphatic hydroxyl groups is 1. The maximum Gasteiger partial charge on any atom is 0.345 e. The summed E-state index contributed by atoms with van der Waals surface area (Å²) >= 11 is 0. The molecule has 0 unspecified atom stereocenters. The molecule has 12 heteroatoms. The lowest BCUT2D eigenvalue weighted by Crippen LogP contribution is -2.37. The molecule has 1 aliphatic carbocycles. The first-order valence-corrected chi connectivity index (χ1v) is 12.4. The second kappa shape index (κ2) is 12.9. The molecule has 0 spiro atoms. The maximum absolute atomic E-state index is 13.2. The summed E-state index contributed by atoms with van der Waals surface area (Å²) in [5.41, 5.74) is 0.785. The van der Waals surface area contributed by atoms with E-state index in [4.69, 9.17) is 0 Å². The minimum Gasteiger partial charge on any atom is -0.393 e. The number of aromatic nitrogens is 2. The number of nitrogens with one attached hydrogen (secondary N) is 2. The molecule has 1 saturated carbocycles. The number of hydrogen-bond donors (Lipinski definition) is 3. The molecule has 200 valence electrons. The molecule has 1 amide bonds. The number of aliphatic hydroxyl groups excluding tert-OH is 1. The van der Waals surface area contributed by atoms with Crippen molar-refractivity contribution in [1.29, 1.82) is 0 Å². The van der Waals surface area contributed by atoms with E-state index < -0.39 is 6.61 Å². The molecule has 1 aromatic carbocycles. The molecule has 2 heterocycles. The Morgan fingerprint density at radius 1 is 1.22 bits per heavy atom. The lowest BCUT2D eigenvalue weighted by Gasteiger charge is -2.22. The molecule has 37 heavy (non-hydrogen) atoms. The van der Waals surface area contributed by atoms with E-state index in [9.17, 15) is 23.1 Å². The van der Waals surface area contributed by atoms with Crippen molar-refractivity contribution in [2.45, 2.75) is 50.9 Å². The highest BCUT2D eigenvalue weighted by Crippen LogP contribution is 2.25. The van der Waals surface area contributed by atoms with Gasteiger partial charge in [0.1, 0.15) is 11.4 Å². The highest BCUT2D eigenvalue weighted by Gasteiger charge is 2.26. The van der Waals surface area contributed by atoms with E-state index in [-0.39, 0.29) is 53.7 Å². The molecular formula is C25H31F3N6O3. The largest absolute Gasteiger partial charge is 0.393 e. The van der Waals surface area contributed by atoms with Crippen LogP contribution in [-0.4, -0.2) is 77.1 Å². The quantitative estimate of drug-likeness (QED) is 0.410. The van der Waals surface area contributed by atoms with Gasteiger partial charge in [-0.25, -0.2) is 14.4 Å². The summed E-state index contributed by atoms with van der Waals surface area (Å²) in [6.45, 7) is -1.34. The summed E-state index contributed by atoms with van der Waals surface area (Å²) < 4.78 is 41.9. The van der Waals surface area contributed by atoms with Gasteiger partial charge in [0.2, 0.25) is 5.95 Å². The highest BCUT2D eigenvalue weighted by molar-refractivity contribution is 5.98. The molecule has 2 aromatic rings. The van der Waals surface area contributed by atoms with Crippen LogP contribution in [0, 0.1) is 11.7 Å². The topological polar surface area (TPSA) is 112 Å². The number of carbonyl (C=O) groups excluding carboxylic acids is 1. The zero-order valence-corrected chi connectivity index (χ0v) is 20.3. The van der Waals surface area contributed by atoms with Crippen molar-refractivity contribution in [3.8, 4) is 0 Å². The summed E-state index contributed by atoms with van der Waals surface area (Å²) in [4.78, 5) is 28.3. The van der Waals surface area contributed by atoms with Crippen LogP contribution in [-0.2, 0) is 4.74 Å². The second-order valence-electron chi connectivity index (χ2n) is 9.30. The van der Waals surface area contributed by atoms with Crippen molar-refractivity contribution >= 4 is 29.6 Å². The van der Waals surface area contributed by atoms with Gasteiger partial charge in [-0.05, 0) is 62.3 Å². The average molecular weight is 521 g/mol. The van der Waals surface area contributed by atoms with E-state index in [0.29, 0.717) is 44.6 Å². The zero-order valence-electron chi connectivity index (χ0n) is 20.3. The Kier molecular flexibility index (Phi) is 9.42. The van der Waals surface area contributed by atoms with Gasteiger partial charge in [-0.2, -0.15) is 13.8 Å². The van der Waals surface area contributed by atoms with Crippen LogP contribution in [0.1, 0.15) is 42.5 Å². The predicted octanol–water partition coefficient (Wildman–Crippen LogP) is 3.66. The number of benzene rings is 1. The van der Waals surface area contributed by atoms with Crippen LogP contribution in [0.5, 0.6) is 0 Å².